The number of primary amides is 1. The first-order valence-corrected chi connectivity index (χ1v) is 9.90. The lowest BCUT2D eigenvalue weighted by Gasteiger charge is -2.07. The molecule has 4 rings (SSSR count). The molecule has 0 spiro atoms. The van der Waals surface area contributed by atoms with Crippen LogP contribution in [0.5, 0.6) is 0 Å². The van der Waals surface area contributed by atoms with Gasteiger partial charge in [-0.1, -0.05) is 23.2 Å². The number of hydrogen-bond acceptors (Lipinski definition) is 6. The van der Waals surface area contributed by atoms with Crippen molar-refractivity contribution in [3.05, 3.63) is 72.9 Å². The van der Waals surface area contributed by atoms with Crippen molar-refractivity contribution in [2.45, 2.75) is 6.42 Å². The molecule has 0 radical (unpaired) electrons. The van der Waals surface area contributed by atoms with E-state index in [-0.39, 0.29) is 39.1 Å². The number of anilines is 1. The lowest BCUT2D eigenvalue weighted by Crippen LogP contribution is -2.19. The molecular formula is C19H12Cl2N4O3S. The molecule has 4 N–H and O–H groups in total. The summed E-state index contributed by atoms with van der Waals surface area (Å²) < 4.78 is 1.38. The lowest BCUT2D eigenvalue weighted by atomic mass is 10.1. The molecular weight excluding hydrogens is 435 g/mol. The van der Waals surface area contributed by atoms with Crippen molar-refractivity contribution in [1.82, 2.24) is 9.38 Å². The molecule has 4 aromatic rings. The van der Waals surface area contributed by atoms with Crippen LogP contribution in [0.4, 0.5) is 5.69 Å². The van der Waals surface area contributed by atoms with Gasteiger partial charge in [-0.3, -0.25) is 18.8 Å². The van der Waals surface area contributed by atoms with Crippen molar-refractivity contribution in [3.8, 4) is 0 Å². The molecule has 0 atom stereocenters. The van der Waals surface area contributed by atoms with Gasteiger partial charge in [0.05, 0.1) is 33.1 Å². The van der Waals surface area contributed by atoms with E-state index in [0.717, 1.165) is 0 Å². The Morgan fingerprint density at radius 3 is 2.45 bits per heavy atom. The number of hydrogen-bond donors (Lipinski definition) is 2. The van der Waals surface area contributed by atoms with E-state index in [1.54, 1.807) is 5.38 Å². The Kier molecular flexibility index (Phi) is 4.77. The number of Topliss-reactive ketones (excluding diaryl/α,β-unsaturated/α-hetero) is 1. The van der Waals surface area contributed by atoms with Crippen LogP contribution < -0.4 is 17.0 Å². The summed E-state index contributed by atoms with van der Waals surface area (Å²) in [4.78, 5) is 41.9. The van der Waals surface area contributed by atoms with E-state index in [0.29, 0.717) is 27.1 Å². The molecule has 2 aromatic carbocycles. The first-order valence-electron chi connectivity index (χ1n) is 8.26. The van der Waals surface area contributed by atoms with E-state index in [2.05, 4.69) is 4.98 Å². The van der Waals surface area contributed by atoms with Crippen LogP contribution in [0, 0.1) is 0 Å². The van der Waals surface area contributed by atoms with Crippen molar-refractivity contribution >= 4 is 67.8 Å². The number of amides is 1. The summed E-state index contributed by atoms with van der Waals surface area (Å²) in [5.41, 5.74) is 12.3. The smallest absolute Gasteiger partial charge is 0.266 e. The van der Waals surface area contributed by atoms with E-state index in [4.69, 9.17) is 34.7 Å². The molecule has 2 aromatic heterocycles. The molecule has 1 amide bonds. The number of thiazole rings is 1. The summed E-state index contributed by atoms with van der Waals surface area (Å²) in [6.07, 6.45) is -0.0525. The van der Waals surface area contributed by atoms with Crippen LogP contribution >= 0.6 is 34.5 Å². The molecule has 0 aliphatic rings. The first-order chi connectivity index (χ1) is 13.8. The number of halogens is 2. The number of carbonyl (C=O) groups excluding carboxylic acids is 2. The second kappa shape index (κ2) is 7.14. The molecule has 146 valence electrons. The number of nitrogens with zero attached hydrogens (tertiary/aromatic N) is 2. The summed E-state index contributed by atoms with van der Waals surface area (Å²) in [5.74, 6) is -0.878. The fourth-order valence-electron chi connectivity index (χ4n) is 2.96. The zero-order valence-corrected chi connectivity index (χ0v) is 16.9. The van der Waals surface area contributed by atoms with E-state index in [1.165, 1.54) is 46.1 Å². The van der Waals surface area contributed by atoms with Gasteiger partial charge in [0, 0.05) is 22.2 Å². The van der Waals surface area contributed by atoms with Crippen LogP contribution in [-0.4, -0.2) is 21.1 Å². The van der Waals surface area contributed by atoms with Crippen molar-refractivity contribution in [2.75, 3.05) is 5.73 Å². The maximum atomic E-state index is 13.0. The maximum absolute atomic E-state index is 13.0. The van der Waals surface area contributed by atoms with Crippen LogP contribution in [0.1, 0.15) is 26.4 Å². The average molecular weight is 447 g/mol. The molecule has 2 heterocycles. The number of fused-ring (bicyclic) bond motifs is 2. The maximum Gasteiger partial charge on any atom is 0.266 e. The summed E-state index contributed by atoms with van der Waals surface area (Å²) >= 11 is 13.2. The fraction of sp³-hybridized carbons (Fsp3) is 0.0526. The van der Waals surface area contributed by atoms with E-state index in [9.17, 15) is 14.4 Å². The van der Waals surface area contributed by atoms with Crippen LogP contribution in [0.2, 0.25) is 10.0 Å². The van der Waals surface area contributed by atoms with E-state index >= 15 is 0 Å². The van der Waals surface area contributed by atoms with Gasteiger partial charge in [-0.15, -0.1) is 11.3 Å². The summed E-state index contributed by atoms with van der Waals surface area (Å²) in [6.45, 7) is 0. The van der Waals surface area contributed by atoms with Crippen LogP contribution in [0.25, 0.3) is 15.9 Å². The summed E-state index contributed by atoms with van der Waals surface area (Å²) in [6, 6.07) is 7.33. The Labute approximate surface area is 177 Å². The van der Waals surface area contributed by atoms with Crippen molar-refractivity contribution in [1.29, 1.82) is 0 Å². The number of nitrogens with two attached hydrogens (primary N) is 2. The Morgan fingerprint density at radius 2 is 1.79 bits per heavy atom. The van der Waals surface area contributed by atoms with Gasteiger partial charge < -0.3 is 11.5 Å². The third-order valence-corrected chi connectivity index (χ3v) is 5.95. The molecule has 0 aliphatic heterocycles. The van der Waals surface area contributed by atoms with Crippen molar-refractivity contribution in [3.63, 3.8) is 0 Å². The Bertz CT molecular complexity index is 1370. The summed E-state index contributed by atoms with van der Waals surface area (Å²) in [7, 11) is 0. The zero-order valence-electron chi connectivity index (χ0n) is 14.6. The topological polar surface area (TPSA) is 121 Å². The average Bonchev–Trinajstić information content (AvgIpc) is 3.08. The molecule has 0 fully saturated rings. The third-order valence-electron chi connectivity index (χ3n) is 4.45. The molecule has 29 heavy (non-hydrogen) atoms. The van der Waals surface area contributed by atoms with E-state index < -0.39 is 5.91 Å². The minimum absolute atomic E-state index is 0.0525. The van der Waals surface area contributed by atoms with Crippen molar-refractivity contribution < 1.29 is 9.59 Å². The normalized spacial score (nSPS) is 11.2. The fourth-order valence-corrected chi connectivity index (χ4v) is 4.33. The number of ketones is 1. The van der Waals surface area contributed by atoms with Crippen LogP contribution in [0.3, 0.4) is 0 Å². The Balaban J connectivity index is 1.79. The molecule has 7 nitrogen and oxygen atoms in total. The monoisotopic (exact) mass is 446 g/mol. The predicted octanol–water partition coefficient (Wildman–Crippen LogP) is 3.32. The SMILES string of the molecule is NC(=O)c1ccc2c(=O)n3c(CC(=O)c4cc(Cl)c(N)c(Cl)c4)csc3nc2c1. The minimum Gasteiger partial charge on any atom is -0.396 e. The second-order valence-electron chi connectivity index (χ2n) is 6.31. The molecule has 10 heteroatoms. The van der Waals surface area contributed by atoms with Gasteiger partial charge in [-0.05, 0) is 30.3 Å². The lowest BCUT2D eigenvalue weighted by molar-refractivity contribution is 0.0986. The van der Waals surface area contributed by atoms with E-state index in [1.807, 2.05) is 0 Å². The quantitative estimate of drug-likeness (QED) is 0.367. The number of carbonyl (C=O) groups is 2. The highest BCUT2D eigenvalue weighted by Crippen LogP contribution is 2.29. The number of aromatic nitrogens is 2. The van der Waals surface area contributed by atoms with Gasteiger partial charge >= 0.3 is 0 Å². The third kappa shape index (κ3) is 3.35. The number of benzene rings is 2. The minimum atomic E-state index is -0.604. The van der Waals surface area contributed by atoms with Crippen molar-refractivity contribution in [2.24, 2.45) is 5.73 Å². The number of nitrogen functional groups attached to an aromatic ring is 1. The summed E-state index contributed by atoms with van der Waals surface area (Å²) in [5, 5.41) is 2.38. The predicted molar refractivity (Wildman–Crippen MR) is 114 cm³/mol. The highest BCUT2D eigenvalue weighted by atomic mass is 35.5. The highest BCUT2D eigenvalue weighted by Gasteiger charge is 2.17. The van der Waals surface area contributed by atoms with Crippen LogP contribution in [0.15, 0.2) is 40.5 Å². The molecule has 0 unspecified atom stereocenters. The zero-order chi connectivity index (χ0) is 20.9. The first kappa shape index (κ1) is 19.4. The van der Waals surface area contributed by atoms with Gasteiger partial charge in [0.2, 0.25) is 5.91 Å². The van der Waals surface area contributed by atoms with Gasteiger partial charge in [0.1, 0.15) is 0 Å². The largest absolute Gasteiger partial charge is 0.396 e. The standard InChI is InChI=1S/C19H12Cl2N4O3S/c20-12-3-9(4-13(21)16(12)22)15(26)6-10-7-29-19-24-14-5-8(17(23)27)1-2-11(14)18(28)25(10)19/h1-5,7H,6,22H2,(H2,23,27). The van der Waals surface area contributed by atoms with Gasteiger partial charge in [0.25, 0.3) is 5.56 Å². The second-order valence-corrected chi connectivity index (χ2v) is 7.96. The highest BCUT2D eigenvalue weighted by molar-refractivity contribution is 7.15. The molecule has 0 saturated carbocycles. The molecule has 0 saturated heterocycles. The van der Waals surface area contributed by atoms with Gasteiger partial charge in [0.15, 0.2) is 10.7 Å². The van der Waals surface area contributed by atoms with Gasteiger partial charge in [-0.2, -0.15) is 0 Å². The molecule has 0 aliphatic carbocycles. The Hall–Kier alpha value is -2.94. The number of rotatable bonds is 4. The van der Waals surface area contributed by atoms with Gasteiger partial charge in [-0.25, -0.2) is 4.98 Å². The van der Waals surface area contributed by atoms with Crippen LogP contribution in [-0.2, 0) is 6.42 Å². The Morgan fingerprint density at radius 1 is 1.10 bits per heavy atom. The molecule has 0 bridgehead atoms.